The van der Waals surface area contributed by atoms with E-state index in [0.717, 1.165) is 22.4 Å². The summed E-state index contributed by atoms with van der Waals surface area (Å²) in [5.41, 5.74) is 4.59. The summed E-state index contributed by atoms with van der Waals surface area (Å²) < 4.78 is 11.4. The monoisotopic (exact) mass is 393 g/mol. The highest BCUT2D eigenvalue weighted by Crippen LogP contribution is 2.31. The van der Waals surface area contributed by atoms with Crippen LogP contribution in [0, 0.1) is 20.8 Å². The van der Waals surface area contributed by atoms with E-state index in [1.54, 1.807) is 24.3 Å². The third-order valence-corrected chi connectivity index (χ3v) is 4.99. The topological polar surface area (TPSA) is 71.7 Å². The normalized spacial score (nSPS) is 11.0. The number of hydrogen-bond acceptors (Lipinski definition) is 4. The molecule has 1 amide bonds. The van der Waals surface area contributed by atoms with E-state index < -0.39 is 0 Å². The zero-order valence-electron chi connectivity index (χ0n) is 17.5. The van der Waals surface area contributed by atoms with Gasteiger partial charge in [0, 0.05) is 5.69 Å². The highest BCUT2D eigenvalue weighted by Gasteiger charge is 2.16. The maximum atomic E-state index is 12.6. The van der Waals surface area contributed by atoms with E-state index in [4.69, 9.17) is 9.15 Å². The average molecular weight is 393 g/mol. The second kappa shape index (κ2) is 8.43. The van der Waals surface area contributed by atoms with E-state index in [2.05, 4.69) is 12.2 Å². The van der Waals surface area contributed by atoms with E-state index in [1.807, 2.05) is 45.9 Å². The number of amides is 1. The van der Waals surface area contributed by atoms with Crippen molar-refractivity contribution in [3.63, 3.8) is 0 Å². The van der Waals surface area contributed by atoms with Crippen LogP contribution in [-0.4, -0.2) is 11.0 Å². The first-order valence-corrected chi connectivity index (χ1v) is 9.68. The molecule has 5 nitrogen and oxygen atoms in total. The van der Waals surface area contributed by atoms with Crippen molar-refractivity contribution in [3.05, 3.63) is 76.2 Å². The van der Waals surface area contributed by atoms with Gasteiger partial charge in [-0.05, 0) is 85.3 Å². The van der Waals surface area contributed by atoms with Crippen LogP contribution in [0.5, 0.6) is 11.5 Å². The molecular weight excluding hydrogens is 366 g/mol. The predicted molar refractivity (Wildman–Crippen MR) is 114 cm³/mol. The SMILES string of the molecule is Cc1ccc(OCc2ccc(C(=O)Nc3cc(C(C)C)c(O)cc3C)o2)cc1C. The summed E-state index contributed by atoms with van der Waals surface area (Å²) in [5, 5.41) is 12.9. The number of carbonyl (C=O) groups excluding carboxylic acids is 1. The lowest BCUT2D eigenvalue weighted by atomic mass is 9.99. The molecule has 3 aromatic rings. The predicted octanol–water partition coefficient (Wildman–Crippen LogP) is 5.87. The van der Waals surface area contributed by atoms with Gasteiger partial charge in [-0.2, -0.15) is 0 Å². The summed E-state index contributed by atoms with van der Waals surface area (Å²) in [4.78, 5) is 12.6. The number of aromatic hydroxyl groups is 1. The Kier molecular flexibility index (Phi) is 5.97. The number of rotatable bonds is 6. The van der Waals surface area contributed by atoms with Gasteiger partial charge in [-0.1, -0.05) is 19.9 Å². The number of hydrogen-bond donors (Lipinski definition) is 2. The molecule has 0 radical (unpaired) electrons. The standard InChI is InChI=1S/C24H27NO4/c1-14(2)20-12-21(17(5)11-22(20)26)25-24(27)23-9-8-19(29-23)13-28-18-7-6-15(3)16(4)10-18/h6-12,14,26H,13H2,1-5H3,(H,25,27). The largest absolute Gasteiger partial charge is 0.508 e. The Morgan fingerprint density at radius 3 is 2.48 bits per heavy atom. The lowest BCUT2D eigenvalue weighted by Gasteiger charge is -2.14. The van der Waals surface area contributed by atoms with Crippen molar-refractivity contribution in [2.45, 2.75) is 47.1 Å². The summed E-state index contributed by atoms with van der Waals surface area (Å²) >= 11 is 0. The number of phenolic OH excluding ortho intramolecular Hbond substituents is 1. The van der Waals surface area contributed by atoms with E-state index >= 15 is 0 Å². The number of aryl methyl sites for hydroxylation is 3. The van der Waals surface area contributed by atoms with Crippen molar-refractivity contribution in [2.24, 2.45) is 0 Å². The Hall–Kier alpha value is -3.21. The van der Waals surface area contributed by atoms with Gasteiger partial charge in [0.2, 0.25) is 0 Å². The molecular formula is C24H27NO4. The molecule has 0 saturated heterocycles. The molecule has 0 aliphatic rings. The van der Waals surface area contributed by atoms with E-state index in [1.165, 1.54) is 5.56 Å². The van der Waals surface area contributed by atoms with Crippen LogP contribution in [0.2, 0.25) is 0 Å². The summed E-state index contributed by atoms with van der Waals surface area (Å²) in [6.45, 7) is 10.1. The molecule has 0 atom stereocenters. The molecule has 0 saturated carbocycles. The van der Waals surface area contributed by atoms with Crippen molar-refractivity contribution in [2.75, 3.05) is 5.32 Å². The van der Waals surface area contributed by atoms with Crippen molar-refractivity contribution in [1.29, 1.82) is 0 Å². The number of carbonyl (C=O) groups is 1. The first-order valence-electron chi connectivity index (χ1n) is 9.68. The molecule has 0 fully saturated rings. The molecule has 2 aromatic carbocycles. The molecule has 2 N–H and O–H groups in total. The lowest BCUT2D eigenvalue weighted by molar-refractivity contribution is 0.0992. The fourth-order valence-electron chi connectivity index (χ4n) is 3.03. The highest BCUT2D eigenvalue weighted by molar-refractivity contribution is 6.02. The molecule has 0 aliphatic heterocycles. The second-order valence-electron chi connectivity index (χ2n) is 7.64. The van der Waals surface area contributed by atoms with Gasteiger partial charge in [0.25, 0.3) is 5.91 Å². The van der Waals surface area contributed by atoms with Gasteiger partial charge in [0.1, 0.15) is 23.9 Å². The first kappa shape index (κ1) is 20.5. The van der Waals surface area contributed by atoms with Gasteiger partial charge < -0.3 is 19.6 Å². The molecule has 1 aromatic heterocycles. The van der Waals surface area contributed by atoms with Gasteiger partial charge in [0.05, 0.1) is 0 Å². The van der Waals surface area contributed by atoms with Gasteiger partial charge in [-0.15, -0.1) is 0 Å². The maximum absolute atomic E-state index is 12.6. The van der Waals surface area contributed by atoms with Crippen LogP contribution in [0.15, 0.2) is 46.9 Å². The Morgan fingerprint density at radius 1 is 1.03 bits per heavy atom. The second-order valence-corrected chi connectivity index (χ2v) is 7.64. The summed E-state index contributed by atoms with van der Waals surface area (Å²) in [7, 11) is 0. The smallest absolute Gasteiger partial charge is 0.291 e. The van der Waals surface area contributed by atoms with Crippen LogP contribution < -0.4 is 10.1 Å². The van der Waals surface area contributed by atoms with E-state index in [0.29, 0.717) is 11.4 Å². The Morgan fingerprint density at radius 2 is 1.79 bits per heavy atom. The van der Waals surface area contributed by atoms with E-state index in [9.17, 15) is 9.90 Å². The summed E-state index contributed by atoms with van der Waals surface area (Å²) in [5.74, 6) is 1.58. The minimum absolute atomic E-state index is 0.143. The van der Waals surface area contributed by atoms with Crippen LogP contribution in [0.3, 0.4) is 0 Å². The van der Waals surface area contributed by atoms with Crippen molar-refractivity contribution in [3.8, 4) is 11.5 Å². The van der Waals surface area contributed by atoms with Crippen molar-refractivity contribution < 1.29 is 19.1 Å². The highest BCUT2D eigenvalue weighted by atomic mass is 16.5. The Bertz CT molecular complexity index is 1030. The van der Waals surface area contributed by atoms with Crippen LogP contribution in [0.1, 0.15) is 58.3 Å². The average Bonchev–Trinajstić information content (AvgIpc) is 3.13. The number of nitrogens with one attached hydrogen (secondary N) is 1. The fourth-order valence-corrected chi connectivity index (χ4v) is 3.03. The summed E-state index contributed by atoms with van der Waals surface area (Å²) in [6.07, 6.45) is 0. The van der Waals surface area contributed by atoms with Crippen LogP contribution in [0.4, 0.5) is 5.69 Å². The molecule has 5 heteroatoms. The van der Waals surface area contributed by atoms with Crippen LogP contribution >= 0.6 is 0 Å². The molecule has 0 bridgehead atoms. The molecule has 0 aliphatic carbocycles. The first-order chi connectivity index (χ1) is 13.7. The Balaban J connectivity index is 1.68. The minimum atomic E-state index is -0.342. The quantitative estimate of drug-likeness (QED) is 0.514. The number of phenols is 1. The minimum Gasteiger partial charge on any atom is -0.508 e. The third-order valence-electron chi connectivity index (χ3n) is 4.99. The van der Waals surface area contributed by atoms with Crippen molar-refractivity contribution >= 4 is 11.6 Å². The molecule has 152 valence electrons. The van der Waals surface area contributed by atoms with Crippen LogP contribution in [0.25, 0.3) is 0 Å². The van der Waals surface area contributed by atoms with Gasteiger partial charge in [-0.25, -0.2) is 0 Å². The fraction of sp³-hybridized carbons (Fsp3) is 0.292. The number of ether oxygens (including phenoxy) is 1. The maximum Gasteiger partial charge on any atom is 0.291 e. The zero-order chi connectivity index (χ0) is 21.1. The number of benzene rings is 2. The molecule has 1 heterocycles. The lowest BCUT2D eigenvalue weighted by Crippen LogP contribution is -2.12. The molecule has 0 spiro atoms. The summed E-state index contributed by atoms with van der Waals surface area (Å²) in [6, 6.07) is 12.7. The molecule has 29 heavy (non-hydrogen) atoms. The van der Waals surface area contributed by atoms with Crippen LogP contribution in [-0.2, 0) is 6.61 Å². The molecule has 0 unspecified atom stereocenters. The number of anilines is 1. The Labute approximate surface area is 171 Å². The molecule has 3 rings (SSSR count). The number of furan rings is 1. The van der Waals surface area contributed by atoms with Gasteiger partial charge >= 0.3 is 0 Å². The van der Waals surface area contributed by atoms with Crippen molar-refractivity contribution in [1.82, 2.24) is 0 Å². The van der Waals surface area contributed by atoms with E-state index in [-0.39, 0.29) is 29.9 Å². The van der Waals surface area contributed by atoms with Gasteiger partial charge in [-0.3, -0.25) is 4.79 Å². The zero-order valence-corrected chi connectivity index (χ0v) is 17.5. The third kappa shape index (κ3) is 4.80. The van der Waals surface area contributed by atoms with Gasteiger partial charge in [0.15, 0.2) is 5.76 Å².